The minimum atomic E-state index is -0.530. The van der Waals surface area contributed by atoms with Crippen LogP contribution in [0.2, 0.25) is 0 Å². The number of nitrogen functional groups attached to an aromatic ring is 1. The van der Waals surface area contributed by atoms with Gasteiger partial charge < -0.3 is 5.84 Å². The zero-order valence-electron chi connectivity index (χ0n) is 10.7. The Hall–Kier alpha value is -3.07. The second kappa shape index (κ2) is 4.24. The van der Waals surface area contributed by atoms with E-state index >= 15 is 0 Å². The van der Waals surface area contributed by atoms with Crippen LogP contribution < -0.4 is 11.4 Å². The van der Waals surface area contributed by atoms with Gasteiger partial charge in [-0.1, -0.05) is 18.2 Å². The Morgan fingerprint density at radius 1 is 1.30 bits per heavy atom. The molecular weight excluding hydrogens is 254 g/mol. The van der Waals surface area contributed by atoms with Crippen molar-refractivity contribution >= 4 is 11.0 Å². The van der Waals surface area contributed by atoms with Crippen LogP contribution in [-0.2, 0) is 0 Å². The first-order valence-electron chi connectivity index (χ1n) is 5.99. The summed E-state index contributed by atoms with van der Waals surface area (Å²) in [6.45, 7) is 1.81. The number of nitriles is 1. The van der Waals surface area contributed by atoms with E-state index in [-0.39, 0.29) is 5.56 Å². The van der Waals surface area contributed by atoms with Crippen molar-refractivity contribution in [1.82, 2.24) is 14.5 Å². The van der Waals surface area contributed by atoms with Crippen molar-refractivity contribution < 1.29 is 0 Å². The SMILES string of the molecule is Cc1nn(-c2ccccc2)c2c1cc(C#N)c(=O)n2N. The van der Waals surface area contributed by atoms with Crippen LogP contribution in [-0.4, -0.2) is 14.5 Å². The number of nitrogens with zero attached hydrogens (tertiary/aromatic N) is 4. The van der Waals surface area contributed by atoms with E-state index in [1.165, 1.54) is 6.07 Å². The molecule has 20 heavy (non-hydrogen) atoms. The van der Waals surface area contributed by atoms with Crippen LogP contribution in [0.5, 0.6) is 0 Å². The molecular formula is C14H11N5O. The van der Waals surface area contributed by atoms with E-state index < -0.39 is 5.56 Å². The summed E-state index contributed by atoms with van der Waals surface area (Å²) in [5.74, 6) is 5.84. The minimum absolute atomic E-state index is 0.00992. The van der Waals surface area contributed by atoms with Gasteiger partial charge in [0.15, 0.2) is 5.65 Å². The summed E-state index contributed by atoms with van der Waals surface area (Å²) in [5.41, 5.74) is 1.46. The van der Waals surface area contributed by atoms with Crippen LogP contribution in [0.3, 0.4) is 0 Å². The molecule has 98 valence electrons. The average molecular weight is 265 g/mol. The molecule has 6 nitrogen and oxygen atoms in total. The third-order valence-corrected chi connectivity index (χ3v) is 3.17. The molecule has 0 radical (unpaired) electrons. The zero-order chi connectivity index (χ0) is 14.3. The van der Waals surface area contributed by atoms with Crippen molar-refractivity contribution in [3.05, 3.63) is 58.0 Å². The van der Waals surface area contributed by atoms with Crippen molar-refractivity contribution in [3.63, 3.8) is 0 Å². The molecule has 3 rings (SSSR count). The van der Waals surface area contributed by atoms with Crippen LogP contribution in [0, 0.1) is 18.3 Å². The smallest absolute Gasteiger partial charge is 0.288 e. The molecule has 0 bridgehead atoms. The normalized spacial score (nSPS) is 10.6. The molecule has 2 aromatic heterocycles. The van der Waals surface area contributed by atoms with Crippen LogP contribution in [0.25, 0.3) is 16.7 Å². The quantitative estimate of drug-likeness (QED) is 0.667. The predicted octanol–water partition coefficient (Wildman–Crippen LogP) is 1.08. The lowest BCUT2D eigenvalue weighted by Crippen LogP contribution is -2.30. The number of aromatic nitrogens is 3. The maximum Gasteiger partial charge on any atom is 0.288 e. The Labute approximate surface area is 114 Å². The molecule has 1 aromatic carbocycles. The maximum atomic E-state index is 12.0. The maximum absolute atomic E-state index is 12.0. The fourth-order valence-electron chi connectivity index (χ4n) is 2.19. The summed E-state index contributed by atoms with van der Waals surface area (Å²) in [7, 11) is 0. The van der Waals surface area contributed by atoms with Crippen LogP contribution in [0.1, 0.15) is 11.3 Å². The highest BCUT2D eigenvalue weighted by molar-refractivity contribution is 5.81. The Morgan fingerprint density at radius 3 is 2.65 bits per heavy atom. The largest absolute Gasteiger partial charge is 0.334 e. The number of pyridine rings is 1. The monoisotopic (exact) mass is 265 g/mol. The lowest BCUT2D eigenvalue weighted by atomic mass is 10.2. The summed E-state index contributed by atoms with van der Waals surface area (Å²) in [6.07, 6.45) is 0. The molecule has 0 amide bonds. The van der Waals surface area contributed by atoms with Gasteiger partial charge in [-0.3, -0.25) is 4.79 Å². The summed E-state index contributed by atoms with van der Waals surface area (Å²) in [4.78, 5) is 12.0. The summed E-state index contributed by atoms with van der Waals surface area (Å²) in [5, 5.41) is 14.1. The molecule has 0 atom stereocenters. The van der Waals surface area contributed by atoms with E-state index in [9.17, 15) is 4.79 Å². The molecule has 0 aliphatic rings. The average Bonchev–Trinajstić information content (AvgIpc) is 2.81. The molecule has 0 aliphatic carbocycles. The van der Waals surface area contributed by atoms with Gasteiger partial charge in [0.1, 0.15) is 11.6 Å². The van der Waals surface area contributed by atoms with Gasteiger partial charge in [-0.15, -0.1) is 0 Å². The fraction of sp³-hybridized carbons (Fsp3) is 0.0714. The highest BCUT2D eigenvalue weighted by atomic mass is 16.1. The van der Waals surface area contributed by atoms with Gasteiger partial charge in [0, 0.05) is 5.39 Å². The molecule has 0 aliphatic heterocycles. The summed E-state index contributed by atoms with van der Waals surface area (Å²) < 4.78 is 2.58. The molecule has 0 fully saturated rings. The van der Waals surface area contributed by atoms with Gasteiger partial charge in [0.25, 0.3) is 5.56 Å². The van der Waals surface area contributed by atoms with Crippen molar-refractivity contribution in [1.29, 1.82) is 5.26 Å². The van der Waals surface area contributed by atoms with Crippen molar-refractivity contribution in [2.24, 2.45) is 0 Å². The Bertz CT molecular complexity index is 899. The molecule has 3 aromatic rings. The highest BCUT2D eigenvalue weighted by Crippen LogP contribution is 2.20. The lowest BCUT2D eigenvalue weighted by molar-refractivity contribution is 0.838. The third kappa shape index (κ3) is 1.57. The van der Waals surface area contributed by atoms with Crippen molar-refractivity contribution in [2.75, 3.05) is 5.84 Å². The molecule has 2 N–H and O–H groups in total. The summed E-state index contributed by atoms with van der Waals surface area (Å²) >= 11 is 0. The molecule has 2 heterocycles. The van der Waals surface area contributed by atoms with Crippen LogP contribution >= 0.6 is 0 Å². The number of nitrogens with two attached hydrogens (primary N) is 1. The minimum Gasteiger partial charge on any atom is -0.334 e. The Balaban J connectivity index is 2.46. The number of rotatable bonds is 1. The fourth-order valence-corrected chi connectivity index (χ4v) is 2.19. The first kappa shape index (κ1) is 12.0. The van der Waals surface area contributed by atoms with Crippen molar-refractivity contribution in [2.45, 2.75) is 6.92 Å². The number of aryl methyl sites for hydroxylation is 1. The number of hydrogen-bond acceptors (Lipinski definition) is 4. The number of para-hydroxylation sites is 1. The number of fused-ring (bicyclic) bond motifs is 1. The number of benzene rings is 1. The van der Waals surface area contributed by atoms with Crippen molar-refractivity contribution in [3.8, 4) is 11.8 Å². The topological polar surface area (TPSA) is 89.6 Å². The lowest BCUT2D eigenvalue weighted by Gasteiger charge is -2.06. The molecule has 6 heteroatoms. The first-order valence-corrected chi connectivity index (χ1v) is 5.99. The predicted molar refractivity (Wildman–Crippen MR) is 74.9 cm³/mol. The second-order valence-electron chi connectivity index (χ2n) is 4.42. The third-order valence-electron chi connectivity index (χ3n) is 3.17. The van der Waals surface area contributed by atoms with E-state index in [1.807, 2.05) is 43.3 Å². The van der Waals surface area contributed by atoms with Gasteiger partial charge >= 0.3 is 0 Å². The van der Waals surface area contributed by atoms with Gasteiger partial charge in [-0.2, -0.15) is 10.4 Å². The van der Waals surface area contributed by atoms with Crippen LogP contribution in [0.4, 0.5) is 0 Å². The molecule has 0 unspecified atom stereocenters. The summed E-state index contributed by atoms with van der Waals surface area (Å²) in [6, 6.07) is 12.8. The highest BCUT2D eigenvalue weighted by Gasteiger charge is 2.15. The zero-order valence-corrected chi connectivity index (χ0v) is 10.7. The van der Waals surface area contributed by atoms with E-state index in [0.29, 0.717) is 16.7 Å². The molecule has 0 saturated heterocycles. The van der Waals surface area contributed by atoms with Gasteiger partial charge in [-0.05, 0) is 25.1 Å². The standard InChI is InChI=1S/C14H11N5O/c1-9-12-7-10(8-15)14(20)18(16)13(12)19(17-9)11-5-3-2-4-6-11/h2-7H,16H2,1H3. The second-order valence-corrected chi connectivity index (χ2v) is 4.42. The van der Waals surface area contributed by atoms with Gasteiger partial charge in [0.05, 0.1) is 11.4 Å². The van der Waals surface area contributed by atoms with E-state index in [4.69, 9.17) is 11.1 Å². The Morgan fingerprint density at radius 2 is 2.00 bits per heavy atom. The van der Waals surface area contributed by atoms with E-state index in [0.717, 1.165) is 10.4 Å². The first-order chi connectivity index (χ1) is 9.63. The molecule has 0 saturated carbocycles. The van der Waals surface area contributed by atoms with E-state index in [2.05, 4.69) is 5.10 Å². The van der Waals surface area contributed by atoms with Crippen LogP contribution in [0.15, 0.2) is 41.2 Å². The van der Waals surface area contributed by atoms with Gasteiger partial charge in [0.2, 0.25) is 0 Å². The van der Waals surface area contributed by atoms with E-state index in [1.54, 1.807) is 4.68 Å². The van der Waals surface area contributed by atoms with Gasteiger partial charge in [-0.25, -0.2) is 9.36 Å². The number of hydrogen-bond donors (Lipinski definition) is 1. The Kier molecular flexibility index (Phi) is 2.54. The molecule has 0 spiro atoms.